The van der Waals surface area contributed by atoms with Crippen molar-refractivity contribution in [2.24, 2.45) is 0 Å². The number of benzene rings is 3. The van der Waals surface area contributed by atoms with Gasteiger partial charge < -0.3 is 19.1 Å². The molecule has 0 atom stereocenters. The van der Waals surface area contributed by atoms with E-state index in [0.717, 1.165) is 27.8 Å². The van der Waals surface area contributed by atoms with Gasteiger partial charge in [-0.1, -0.05) is 59.8 Å². The number of hydrogen-bond donors (Lipinski definition) is 1. The standard InChI is InChI=1S/C24H22N2O4/c1-16-25-24(26-30-16)21-13-22(28-2)23(29-15-17-8-4-3-5-9-17)12-20(21)19-11-7-6-10-18(19)14-27/h3-13,27H,14-15H2,1-2H3. The van der Waals surface area contributed by atoms with E-state index >= 15 is 0 Å². The van der Waals surface area contributed by atoms with Crippen molar-refractivity contribution in [2.75, 3.05) is 7.11 Å². The molecule has 0 saturated heterocycles. The maximum absolute atomic E-state index is 9.86. The minimum atomic E-state index is -0.0902. The van der Waals surface area contributed by atoms with E-state index in [2.05, 4.69) is 10.1 Å². The van der Waals surface area contributed by atoms with Crippen LogP contribution in [0.4, 0.5) is 0 Å². The zero-order chi connectivity index (χ0) is 20.9. The lowest BCUT2D eigenvalue weighted by Gasteiger charge is -2.17. The van der Waals surface area contributed by atoms with Gasteiger partial charge in [-0.3, -0.25) is 0 Å². The highest BCUT2D eigenvalue weighted by Crippen LogP contribution is 2.41. The van der Waals surface area contributed by atoms with Gasteiger partial charge in [0.25, 0.3) is 0 Å². The first-order chi connectivity index (χ1) is 14.7. The topological polar surface area (TPSA) is 77.6 Å². The zero-order valence-corrected chi connectivity index (χ0v) is 16.8. The number of hydrogen-bond acceptors (Lipinski definition) is 6. The van der Waals surface area contributed by atoms with E-state index < -0.39 is 0 Å². The van der Waals surface area contributed by atoms with Crippen molar-refractivity contribution in [3.05, 3.63) is 83.7 Å². The van der Waals surface area contributed by atoms with Crippen LogP contribution in [0.25, 0.3) is 22.5 Å². The van der Waals surface area contributed by atoms with Crippen LogP contribution in [-0.4, -0.2) is 22.4 Å². The van der Waals surface area contributed by atoms with Gasteiger partial charge in [-0.2, -0.15) is 4.98 Å². The Kier molecular flexibility index (Phi) is 5.77. The van der Waals surface area contributed by atoms with Gasteiger partial charge in [-0.25, -0.2) is 0 Å². The predicted molar refractivity (Wildman–Crippen MR) is 113 cm³/mol. The van der Waals surface area contributed by atoms with Crippen molar-refractivity contribution < 1.29 is 19.1 Å². The smallest absolute Gasteiger partial charge is 0.223 e. The number of methoxy groups -OCH3 is 1. The molecule has 0 fully saturated rings. The minimum Gasteiger partial charge on any atom is -0.493 e. The normalized spacial score (nSPS) is 10.8. The molecule has 0 spiro atoms. The van der Waals surface area contributed by atoms with E-state index in [0.29, 0.717) is 29.8 Å². The number of rotatable bonds is 7. The van der Waals surface area contributed by atoms with Crippen LogP contribution in [0.15, 0.2) is 71.3 Å². The van der Waals surface area contributed by atoms with E-state index in [1.165, 1.54) is 0 Å². The summed E-state index contributed by atoms with van der Waals surface area (Å²) in [5, 5.41) is 13.9. The number of aliphatic hydroxyl groups is 1. The first kappa shape index (κ1) is 19.7. The van der Waals surface area contributed by atoms with Gasteiger partial charge in [0.05, 0.1) is 13.7 Å². The summed E-state index contributed by atoms with van der Waals surface area (Å²) in [5.41, 5.74) is 4.26. The summed E-state index contributed by atoms with van der Waals surface area (Å²) < 4.78 is 16.9. The largest absolute Gasteiger partial charge is 0.493 e. The molecule has 1 heterocycles. The number of ether oxygens (including phenoxy) is 2. The number of aryl methyl sites for hydroxylation is 1. The number of aromatic nitrogens is 2. The highest BCUT2D eigenvalue weighted by atomic mass is 16.5. The Morgan fingerprint density at radius 1 is 0.900 bits per heavy atom. The molecule has 3 aromatic carbocycles. The molecule has 152 valence electrons. The third-order valence-electron chi connectivity index (χ3n) is 4.79. The highest BCUT2D eigenvalue weighted by molar-refractivity contribution is 5.85. The van der Waals surface area contributed by atoms with Crippen LogP contribution in [0.3, 0.4) is 0 Å². The number of aliphatic hydroxyl groups excluding tert-OH is 1. The maximum Gasteiger partial charge on any atom is 0.223 e. The third kappa shape index (κ3) is 4.04. The quantitative estimate of drug-likeness (QED) is 0.479. The summed E-state index contributed by atoms with van der Waals surface area (Å²) in [6.07, 6.45) is 0. The van der Waals surface area contributed by atoms with Crippen molar-refractivity contribution in [1.82, 2.24) is 10.1 Å². The van der Waals surface area contributed by atoms with E-state index in [1.807, 2.05) is 66.7 Å². The average molecular weight is 402 g/mol. The highest BCUT2D eigenvalue weighted by Gasteiger charge is 2.19. The van der Waals surface area contributed by atoms with Gasteiger partial charge in [0.1, 0.15) is 6.61 Å². The molecule has 6 nitrogen and oxygen atoms in total. The molecule has 6 heteroatoms. The fourth-order valence-electron chi connectivity index (χ4n) is 3.31. The van der Waals surface area contributed by atoms with Gasteiger partial charge in [-0.15, -0.1) is 0 Å². The molecular formula is C24H22N2O4. The molecule has 1 aromatic heterocycles. The average Bonchev–Trinajstić information content (AvgIpc) is 3.23. The molecular weight excluding hydrogens is 380 g/mol. The lowest BCUT2D eigenvalue weighted by atomic mass is 9.94. The summed E-state index contributed by atoms with van der Waals surface area (Å²) >= 11 is 0. The van der Waals surface area contributed by atoms with Gasteiger partial charge in [0.15, 0.2) is 11.5 Å². The van der Waals surface area contributed by atoms with Gasteiger partial charge in [-0.05, 0) is 34.4 Å². The summed E-state index contributed by atoms with van der Waals surface area (Å²) in [4.78, 5) is 4.38. The van der Waals surface area contributed by atoms with E-state index in [1.54, 1.807) is 14.0 Å². The Labute approximate surface area is 174 Å². The molecule has 0 aliphatic carbocycles. The lowest BCUT2D eigenvalue weighted by Crippen LogP contribution is -2.00. The Hall–Kier alpha value is -3.64. The summed E-state index contributed by atoms with van der Waals surface area (Å²) in [6, 6.07) is 21.3. The van der Waals surface area contributed by atoms with Crippen molar-refractivity contribution in [3.8, 4) is 34.0 Å². The maximum atomic E-state index is 9.86. The Morgan fingerprint density at radius 2 is 1.63 bits per heavy atom. The van der Waals surface area contributed by atoms with Gasteiger partial charge in [0.2, 0.25) is 11.7 Å². The molecule has 4 aromatic rings. The van der Waals surface area contributed by atoms with Crippen LogP contribution in [0.5, 0.6) is 11.5 Å². The fourth-order valence-corrected chi connectivity index (χ4v) is 3.31. The molecule has 0 saturated carbocycles. The molecule has 0 amide bonds. The molecule has 0 aliphatic rings. The molecule has 0 unspecified atom stereocenters. The van der Waals surface area contributed by atoms with Crippen molar-refractivity contribution >= 4 is 0 Å². The lowest BCUT2D eigenvalue weighted by molar-refractivity contribution is 0.282. The second-order valence-electron chi connectivity index (χ2n) is 6.78. The molecule has 0 radical (unpaired) electrons. The molecule has 0 bridgehead atoms. The van der Waals surface area contributed by atoms with Gasteiger partial charge >= 0.3 is 0 Å². The van der Waals surface area contributed by atoms with Crippen LogP contribution in [0.2, 0.25) is 0 Å². The van der Waals surface area contributed by atoms with Crippen LogP contribution in [0.1, 0.15) is 17.0 Å². The molecule has 4 rings (SSSR count). The second kappa shape index (κ2) is 8.80. The van der Waals surface area contributed by atoms with E-state index in [4.69, 9.17) is 14.0 Å². The summed E-state index contributed by atoms with van der Waals surface area (Å²) in [7, 11) is 1.59. The van der Waals surface area contributed by atoms with Crippen LogP contribution < -0.4 is 9.47 Å². The molecule has 0 aliphatic heterocycles. The Morgan fingerprint density at radius 3 is 2.33 bits per heavy atom. The van der Waals surface area contributed by atoms with Gasteiger partial charge in [0, 0.05) is 12.5 Å². The minimum absolute atomic E-state index is 0.0902. The SMILES string of the molecule is COc1cc(-c2noc(C)n2)c(-c2ccccc2CO)cc1OCc1ccccc1. The van der Waals surface area contributed by atoms with Crippen molar-refractivity contribution in [3.63, 3.8) is 0 Å². The van der Waals surface area contributed by atoms with E-state index in [-0.39, 0.29) is 6.61 Å². The van der Waals surface area contributed by atoms with Crippen molar-refractivity contribution in [2.45, 2.75) is 20.1 Å². The third-order valence-corrected chi connectivity index (χ3v) is 4.79. The first-order valence-corrected chi connectivity index (χ1v) is 9.58. The predicted octanol–water partition coefficient (Wildman–Crippen LogP) is 4.79. The van der Waals surface area contributed by atoms with Crippen LogP contribution >= 0.6 is 0 Å². The number of nitrogens with zero attached hydrogens (tertiary/aromatic N) is 2. The Bertz CT molecular complexity index is 1140. The van der Waals surface area contributed by atoms with Crippen molar-refractivity contribution in [1.29, 1.82) is 0 Å². The first-order valence-electron chi connectivity index (χ1n) is 9.58. The van der Waals surface area contributed by atoms with Crippen LogP contribution in [-0.2, 0) is 13.2 Å². The Balaban J connectivity index is 1.84. The molecule has 30 heavy (non-hydrogen) atoms. The van der Waals surface area contributed by atoms with E-state index in [9.17, 15) is 5.11 Å². The second-order valence-corrected chi connectivity index (χ2v) is 6.78. The molecule has 1 N–H and O–H groups in total. The summed E-state index contributed by atoms with van der Waals surface area (Å²) in [6.45, 7) is 2.05. The zero-order valence-electron chi connectivity index (χ0n) is 16.8. The monoisotopic (exact) mass is 402 g/mol. The summed E-state index contributed by atoms with van der Waals surface area (Å²) in [5.74, 6) is 2.07. The fraction of sp³-hybridized carbons (Fsp3) is 0.167. The van der Waals surface area contributed by atoms with Crippen LogP contribution in [0, 0.1) is 6.92 Å².